The van der Waals surface area contributed by atoms with E-state index in [1.165, 1.54) is 31.6 Å². The van der Waals surface area contributed by atoms with E-state index in [4.69, 9.17) is 9.47 Å². The van der Waals surface area contributed by atoms with Crippen LogP contribution in [0.15, 0.2) is 29.2 Å². The summed E-state index contributed by atoms with van der Waals surface area (Å²) in [7, 11) is 2.93. The number of anilines is 1. The Hall–Kier alpha value is -2.67. The standard InChI is InChI=1S/C17H16N2O4S/c1-9-8-24-17(19-9)18-7-10-6-11(20)14-12(22-2)4-5-13(23-3)15(14)16(10)21/h4-6,8H,7H2,1-3H3,(H,18,19). The molecule has 0 atom stereocenters. The molecule has 1 aromatic heterocycles. The zero-order valence-electron chi connectivity index (χ0n) is 13.5. The van der Waals surface area contributed by atoms with Gasteiger partial charge in [-0.25, -0.2) is 4.98 Å². The summed E-state index contributed by atoms with van der Waals surface area (Å²) in [5.41, 5.74) is 1.76. The number of hydrogen-bond acceptors (Lipinski definition) is 7. The number of ether oxygens (including phenoxy) is 2. The van der Waals surface area contributed by atoms with Gasteiger partial charge in [0.1, 0.15) is 11.5 Å². The lowest BCUT2D eigenvalue weighted by Gasteiger charge is -2.20. The molecule has 1 aromatic carbocycles. The van der Waals surface area contributed by atoms with Crippen molar-refractivity contribution in [2.24, 2.45) is 0 Å². The van der Waals surface area contributed by atoms with Crippen LogP contribution >= 0.6 is 11.3 Å². The molecule has 0 unspecified atom stereocenters. The molecular weight excluding hydrogens is 328 g/mol. The maximum absolute atomic E-state index is 12.8. The van der Waals surface area contributed by atoms with Gasteiger partial charge in [0.25, 0.3) is 0 Å². The summed E-state index contributed by atoms with van der Waals surface area (Å²) in [4.78, 5) is 29.6. The summed E-state index contributed by atoms with van der Waals surface area (Å²) in [6.07, 6.45) is 1.35. The molecule has 2 aromatic rings. The van der Waals surface area contributed by atoms with Gasteiger partial charge in [-0.1, -0.05) is 0 Å². The van der Waals surface area contributed by atoms with Crippen molar-refractivity contribution in [1.29, 1.82) is 0 Å². The zero-order chi connectivity index (χ0) is 17.3. The highest BCUT2D eigenvalue weighted by atomic mass is 32.1. The van der Waals surface area contributed by atoms with E-state index < -0.39 is 0 Å². The van der Waals surface area contributed by atoms with Gasteiger partial charge in [-0.05, 0) is 25.1 Å². The molecule has 24 heavy (non-hydrogen) atoms. The van der Waals surface area contributed by atoms with E-state index in [0.29, 0.717) is 22.2 Å². The van der Waals surface area contributed by atoms with Crippen molar-refractivity contribution in [3.05, 3.63) is 46.0 Å². The van der Waals surface area contributed by atoms with Crippen molar-refractivity contribution in [3.63, 3.8) is 0 Å². The number of aromatic nitrogens is 1. The van der Waals surface area contributed by atoms with Crippen molar-refractivity contribution in [3.8, 4) is 11.5 Å². The fraction of sp³-hybridized carbons (Fsp3) is 0.235. The van der Waals surface area contributed by atoms with Crippen LogP contribution in [-0.2, 0) is 0 Å². The molecule has 6 nitrogen and oxygen atoms in total. The number of aryl methyl sites for hydroxylation is 1. The second-order valence-electron chi connectivity index (χ2n) is 5.23. The van der Waals surface area contributed by atoms with Gasteiger partial charge in [0, 0.05) is 17.5 Å². The fourth-order valence-corrected chi connectivity index (χ4v) is 3.26. The molecule has 0 bridgehead atoms. The van der Waals surface area contributed by atoms with Gasteiger partial charge in [-0.15, -0.1) is 11.3 Å². The molecule has 0 spiro atoms. The number of methoxy groups -OCH3 is 2. The molecule has 1 heterocycles. The van der Waals surface area contributed by atoms with Crippen LogP contribution < -0.4 is 14.8 Å². The minimum Gasteiger partial charge on any atom is -0.496 e. The third-order valence-corrected chi connectivity index (χ3v) is 4.61. The number of nitrogens with one attached hydrogen (secondary N) is 1. The molecule has 1 N–H and O–H groups in total. The minimum absolute atomic E-state index is 0.220. The molecule has 0 radical (unpaired) electrons. The number of benzene rings is 1. The highest BCUT2D eigenvalue weighted by molar-refractivity contribution is 7.13. The van der Waals surface area contributed by atoms with Crippen molar-refractivity contribution in [2.45, 2.75) is 6.92 Å². The Bertz CT molecular complexity index is 854. The van der Waals surface area contributed by atoms with Gasteiger partial charge in [-0.3, -0.25) is 9.59 Å². The predicted molar refractivity (Wildman–Crippen MR) is 91.6 cm³/mol. The lowest BCUT2D eigenvalue weighted by Crippen LogP contribution is -2.23. The van der Waals surface area contributed by atoms with E-state index in [9.17, 15) is 9.59 Å². The van der Waals surface area contributed by atoms with Crippen molar-refractivity contribution < 1.29 is 19.1 Å². The average Bonchev–Trinajstić information content (AvgIpc) is 3.00. The number of fused-ring (bicyclic) bond motifs is 1. The number of hydrogen-bond donors (Lipinski definition) is 1. The highest BCUT2D eigenvalue weighted by Gasteiger charge is 2.31. The Morgan fingerprint density at radius 2 is 1.79 bits per heavy atom. The smallest absolute Gasteiger partial charge is 0.195 e. The summed E-state index contributed by atoms with van der Waals surface area (Å²) < 4.78 is 10.5. The number of carbonyl (C=O) groups is 2. The molecule has 0 amide bonds. The molecular formula is C17H16N2O4S. The van der Waals surface area contributed by atoms with E-state index in [0.717, 1.165) is 5.69 Å². The monoisotopic (exact) mass is 344 g/mol. The second kappa shape index (κ2) is 6.45. The highest BCUT2D eigenvalue weighted by Crippen LogP contribution is 2.35. The van der Waals surface area contributed by atoms with Crippen LogP contribution in [-0.4, -0.2) is 37.3 Å². The van der Waals surface area contributed by atoms with Gasteiger partial charge in [0.15, 0.2) is 16.7 Å². The lowest BCUT2D eigenvalue weighted by molar-refractivity contribution is 0.0978. The Kier molecular flexibility index (Phi) is 4.35. The maximum atomic E-state index is 12.8. The summed E-state index contributed by atoms with van der Waals surface area (Å²) >= 11 is 1.45. The summed E-state index contributed by atoms with van der Waals surface area (Å²) in [6.45, 7) is 2.11. The van der Waals surface area contributed by atoms with E-state index in [1.54, 1.807) is 12.1 Å². The van der Waals surface area contributed by atoms with Crippen molar-refractivity contribution >= 4 is 28.0 Å². The molecule has 124 valence electrons. The molecule has 0 fully saturated rings. The van der Waals surface area contributed by atoms with Gasteiger partial charge >= 0.3 is 0 Å². The van der Waals surface area contributed by atoms with Gasteiger partial charge < -0.3 is 14.8 Å². The third-order valence-electron chi connectivity index (χ3n) is 3.69. The molecule has 0 saturated carbocycles. The van der Waals surface area contributed by atoms with E-state index >= 15 is 0 Å². The van der Waals surface area contributed by atoms with E-state index in [2.05, 4.69) is 10.3 Å². The Balaban J connectivity index is 1.94. The largest absolute Gasteiger partial charge is 0.496 e. The molecule has 0 aliphatic heterocycles. The predicted octanol–water partition coefficient (Wildman–Crippen LogP) is 2.89. The number of Topliss-reactive ketones (excluding diaryl/α,β-unsaturated/α-hetero) is 1. The van der Waals surface area contributed by atoms with Crippen LogP contribution in [0.3, 0.4) is 0 Å². The Labute approximate surface area is 143 Å². The molecule has 0 saturated heterocycles. The number of carbonyl (C=O) groups excluding carboxylic acids is 2. The molecule has 1 aliphatic carbocycles. The first-order valence-electron chi connectivity index (χ1n) is 7.25. The van der Waals surface area contributed by atoms with Gasteiger partial charge in [-0.2, -0.15) is 0 Å². The zero-order valence-corrected chi connectivity index (χ0v) is 14.3. The van der Waals surface area contributed by atoms with Gasteiger partial charge in [0.05, 0.1) is 31.0 Å². The third kappa shape index (κ3) is 2.78. The van der Waals surface area contributed by atoms with Crippen LogP contribution in [0.25, 0.3) is 0 Å². The topological polar surface area (TPSA) is 77.5 Å². The Morgan fingerprint density at radius 1 is 1.12 bits per heavy atom. The van der Waals surface area contributed by atoms with Crippen molar-refractivity contribution in [2.75, 3.05) is 26.1 Å². The maximum Gasteiger partial charge on any atom is 0.195 e. The SMILES string of the molecule is COc1ccc(OC)c2c1C(=O)C=C(CNc1nc(C)cs1)C2=O. The number of nitrogens with zero attached hydrogens (tertiary/aromatic N) is 1. The molecule has 7 heteroatoms. The van der Waals surface area contributed by atoms with Crippen LogP contribution in [0, 0.1) is 6.92 Å². The first kappa shape index (κ1) is 16.2. The quantitative estimate of drug-likeness (QED) is 0.899. The fourth-order valence-electron chi connectivity index (χ4n) is 2.57. The minimum atomic E-state index is -0.271. The Morgan fingerprint density at radius 3 is 2.38 bits per heavy atom. The van der Waals surface area contributed by atoms with Gasteiger partial charge in [0.2, 0.25) is 0 Å². The summed E-state index contributed by atoms with van der Waals surface area (Å²) in [6, 6.07) is 3.25. The summed E-state index contributed by atoms with van der Waals surface area (Å²) in [5.74, 6) is 0.205. The van der Waals surface area contributed by atoms with E-state index in [1.807, 2.05) is 12.3 Å². The molecule has 1 aliphatic rings. The number of ketones is 2. The first-order chi connectivity index (χ1) is 11.5. The van der Waals surface area contributed by atoms with Crippen LogP contribution in [0.5, 0.6) is 11.5 Å². The number of allylic oxidation sites excluding steroid dienone is 1. The number of rotatable bonds is 5. The normalized spacial score (nSPS) is 13.4. The summed E-state index contributed by atoms with van der Waals surface area (Å²) in [5, 5.41) is 5.69. The number of thiazole rings is 1. The van der Waals surface area contributed by atoms with Crippen LogP contribution in [0.4, 0.5) is 5.13 Å². The first-order valence-corrected chi connectivity index (χ1v) is 8.13. The average molecular weight is 344 g/mol. The van der Waals surface area contributed by atoms with E-state index in [-0.39, 0.29) is 29.2 Å². The second-order valence-corrected chi connectivity index (χ2v) is 6.09. The van der Waals surface area contributed by atoms with Crippen LogP contribution in [0.1, 0.15) is 26.4 Å². The molecule has 3 rings (SSSR count). The van der Waals surface area contributed by atoms with Crippen molar-refractivity contribution in [1.82, 2.24) is 4.98 Å². The van der Waals surface area contributed by atoms with Crippen LogP contribution in [0.2, 0.25) is 0 Å². The lowest BCUT2D eigenvalue weighted by atomic mass is 9.88.